The fraction of sp³-hybridized carbons (Fsp3) is 0.167. The lowest BCUT2D eigenvalue weighted by Crippen LogP contribution is -2.24. The summed E-state index contributed by atoms with van der Waals surface area (Å²) in [5, 5.41) is 2.94. The highest BCUT2D eigenvalue weighted by Gasteiger charge is 2.06. The van der Waals surface area contributed by atoms with Crippen molar-refractivity contribution >= 4 is 12.0 Å². The summed E-state index contributed by atoms with van der Waals surface area (Å²) in [7, 11) is 1.62. The topological polar surface area (TPSA) is 38.3 Å². The van der Waals surface area contributed by atoms with Crippen LogP contribution in [0.25, 0.3) is 6.08 Å². The third-order valence-corrected chi connectivity index (χ3v) is 3.18. The molecule has 0 radical (unpaired) electrons. The second-order valence-corrected chi connectivity index (χ2v) is 4.75. The van der Waals surface area contributed by atoms with Crippen LogP contribution in [0.15, 0.2) is 60.7 Å². The lowest BCUT2D eigenvalue weighted by molar-refractivity contribution is -0.117. The zero-order valence-electron chi connectivity index (χ0n) is 12.2. The molecule has 1 amide bonds. The number of amides is 1. The first-order valence-electron chi connectivity index (χ1n) is 6.86. The SMILES string of the molecule is COc1cccc(/C=C/C(=O)N[C@@H](C)c2ccccc2)c1. The van der Waals surface area contributed by atoms with Gasteiger partial charge in [-0.1, -0.05) is 42.5 Å². The number of nitrogens with one attached hydrogen (secondary N) is 1. The van der Waals surface area contributed by atoms with E-state index in [0.717, 1.165) is 16.9 Å². The number of benzene rings is 2. The molecule has 108 valence electrons. The molecule has 0 bridgehead atoms. The summed E-state index contributed by atoms with van der Waals surface area (Å²) in [4.78, 5) is 11.9. The first-order valence-corrected chi connectivity index (χ1v) is 6.86. The number of methoxy groups -OCH3 is 1. The minimum atomic E-state index is -0.117. The third-order valence-electron chi connectivity index (χ3n) is 3.18. The molecule has 0 spiro atoms. The molecule has 1 atom stereocenters. The first-order chi connectivity index (χ1) is 10.2. The van der Waals surface area contributed by atoms with Gasteiger partial charge in [-0.15, -0.1) is 0 Å². The predicted octanol–water partition coefficient (Wildman–Crippen LogP) is 3.59. The van der Waals surface area contributed by atoms with Gasteiger partial charge in [0, 0.05) is 6.08 Å². The maximum absolute atomic E-state index is 11.9. The van der Waals surface area contributed by atoms with Crippen molar-refractivity contribution < 1.29 is 9.53 Å². The molecule has 0 aliphatic rings. The van der Waals surface area contributed by atoms with Crippen molar-refractivity contribution in [1.29, 1.82) is 0 Å². The molecular formula is C18H19NO2. The highest BCUT2D eigenvalue weighted by atomic mass is 16.5. The van der Waals surface area contributed by atoms with Gasteiger partial charge in [0.15, 0.2) is 0 Å². The Morgan fingerprint density at radius 1 is 1.14 bits per heavy atom. The standard InChI is InChI=1S/C18H19NO2/c1-14(16-8-4-3-5-9-16)19-18(20)12-11-15-7-6-10-17(13-15)21-2/h3-14H,1-2H3,(H,19,20)/b12-11+/t14-/m0/s1. The molecule has 0 aliphatic heterocycles. The number of carbonyl (C=O) groups is 1. The van der Waals surface area contributed by atoms with E-state index in [9.17, 15) is 4.79 Å². The summed E-state index contributed by atoms with van der Waals surface area (Å²) < 4.78 is 5.15. The largest absolute Gasteiger partial charge is 0.497 e. The van der Waals surface area contributed by atoms with E-state index in [1.54, 1.807) is 13.2 Å². The molecule has 0 unspecified atom stereocenters. The fourth-order valence-corrected chi connectivity index (χ4v) is 2.00. The van der Waals surface area contributed by atoms with Crippen molar-refractivity contribution in [3.63, 3.8) is 0 Å². The molecule has 0 aromatic heterocycles. The molecule has 0 fully saturated rings. The maximum Gasteiger partial charge on any atom is 0.244 e. The molecule has 21 heavy (non-hydrogen) atoms. The van der Waals surface area contributed by atoms with Crippen LogP contribution in [0.4, 0.5) is 0 Å². The summed E-state index contributed by atoms with van der Waals surface area (Å²) >= 11 is 0. The summed E-state index contributed by atoms with van der Waals surface area (Å²) in [6, 6.07) is 17.4. The van der Waals surface area contributed by atoms with E-state index in [-0.39, 0.29) is 11.9 Å². The highest BCUT2D eigenvalue weighted by molar-refractivity contribution is 5.92. The lowest BCUT2D eigenvalue weighted by atomic mass is 10.1. The Morgan fingerprint density at radius 2 is 1.90 bits per heavy atom. The number of ether oxygens (including phenoxy) is 1. The Balaban J connectivity index is 1.96. The molecule has 0 saturated carbocycles. The van der Waals surface area contributed by atoms with Gasteiger partial charge in [0.1, 0.15) is 5.75 Å². The molecule has 3 nitrogen and oxygen atoms in total. The molecule has 3 heteroatoms. The second-order valence-electron chi connectivity index (χ2n) is 4.75. The summed E-state index contributed by atoms with van der Waals surface area (Å²) in [5.41, 5.74) is 2.01. The van der Waals surface area contributed by atoms with Crippen LogP contribution in [0, 0.1) is 0 Å². The van der Waals surface area contributed by atoms with Crippen molar-refractivity contribution in [3.8, 4) is 5.75 Å². The van der Waals surface area contributed by atoms with Gasteiger partial charge in [-0.2, -0.15) is 0 Å². The Bertz CT molecular complexity index is 620. The van der Waals surface area contributed by atoms with Crippen LogP contribution in [0.1, 0.15) is 24.1 Å². The maximum atomic E-state index is 11.9. The van der Waals surface area contributed by atoms with Gasteiger partial charge < -0.3 is 10.1 Å². The van der Waals surface area contributed by atoms with Crippen molar-refractivity contribution in [2.24, 2.45) is 0 Å². The average molecular weight is 281 g/mol. The average Bonchev–Trinajstić information content (AvgIpc) is 2.54. The van der Waals surface area contributed by atoms with Gasteiger partial charge in [0.2, 0.25) is 5.91 Å². The fourth-order valence-electron chi connectivity index (χ4n) is 2.00. The van der Waals surface area contributed by atoms with E-state index in [1.807, 2.05) is 61.5 Å². The molecule has 2 aromatic carbocycles. The van der Waals surface area contributed by atoms with E-state index in [0.29, 0.717) is 0 Å². The highest BCUT2D eigenvalue weighted by Crippen LogP contribution is 2.14. The monoisotopic (exact) mass is 281 g/mol. The van der Waals surface area contributed by atoms with Gasteiger partial charge >= 0.3 is 0 Å². The molecule has 0 heterocycles. The van der Waals surface area contributed by atoms with Gasteiger partial charge in [-0.25, -0.2) is 0 Å². The van der Waals surface area contributed by atoms with Crippen molar-refractivity contribution in [2.75, 3.05) is 7.11 Å². The Labute approximate surface area is 125 Å². The number of hydrogen-bond acceptors (Lipinski definition) is 2. The Kier molecular flexibility index (Phi) is 5.16. The molecule has 0 aliphatic carbocycles. The predicted molar refractivity (Wildman–Crippen MR) is 85.0 cm³/mol. The zero-order valence-corrected chi connectivity index (χ0v) is 12.2. The molecular weight excluding hydrogens is 262 g/mol. The summed E-state index contributed by atoms with van der Waals surface area (Å²) in [5.74, 6) is 0.657. The second kappa shape index (κ2) is 7.29. The zero-order chi connectivity index (χ0) is 15.1. The van der Waals surface area contributed by atoms with Gasteiger partial charge in [0.25, 0.3) is 0 Å². The smallest absolute Gasteiger partial charge is 0.244 e. The van der Waals surface area contributed by atoms with E-state index >= 15 is 0 Å². The quantitative estimate of drug-likeness (QED) is 0.851. The van der Waals surface area contributed by atoms with Crippen molar-refractivity contribution in [3.05, 3.63) is 71.8 Å². The Hall–Kier alpha value is -2.55. The minimum absolute atomic E-state index is 0.0198. The van der Waals surface area contributed by atoms with Gasteiger partial charge in [-0.3, -0.25) is 4.79 Å². The van der Waals surface area contributed by atoms with E-state index < -0.39 is 0 Å². The van der Waals surface area contributed by atoms with E-state index in [2.05, 4.69) is 5.32 Å². The van der Waals surface area contributed by atoms with Crippen LogP contribution in [-0.2, 0) is 4.79 Å². The third kappa shape index (κ3) is 4.49. The summed E-state index contributed by atoms with van der Waals surface area (Å²) in [6.07, 6.45) is 3.31. The van der Waals surface area contributed by atoms with Crippen LogP contribution >= 0.6 is 0 Å². The number of rotatable bonds is 5. The van der Waals surface area contributed by atoms with E-state index in [1.165, 1.54) is 6.08 Å². The Morgan fingerprint density at radius 3 is 2.62 bits per heavy atom. The van der Waals surface area contributed by atoms with E-state index in [4.69, 9.17) is 4.74 Å². The summed E-state index contributed by atoms with van der Waals surface area (Å²) in [6.45, 7) is 1.96. The normalized spacial score (nSPS) is 12.1. The van der Waals surface area contributed by atoms with Crippen LogP contribution in [0.3, 0.4) is 0 Å². The molecule has 2 rings (SSSR count). The van der Waals surface area contributed by atoms with Crippen LogP contribution in [0.5, 0.6) is 5.75 Å². The molecule has 0 saturated heterocycles. The van der Waals surface area contributed by atoms with Crippen LogP contribution in [-0.4, -0.2) is 13.0 Å². The number of carbonyl (C=O) groups excluding carboxylic acids is 1. The van der Waals surface area contributed by atoms with Crippen LogP contribution < -0.4 is 10.1 Å². The first kappa shape index (κ1) is 14.9. The van der Waals surface area contributed by atoms with Crippen molar-refractivity contribution in [2.45, 2.75) is 13.0 Å². The lowest BCUT2D eigenvalue weighted by Gasteiger charge is -2.12. The van der Waals surface area contributed by atoms with Gasteiger partial charge in [-0.05, 0) is 36.3 Å². The molecule has 1 N–H and O–H groups in total. The number of hydrogen-bond donors (Lipinski definition) is 1. The van der Waals surface area contributed by atoms with Gasteiger partial charge in [0.05, 0.1) is 13.2 Å². The minimum Gasteiger partial charge on any atom is -0.497 e. The van der Waals surface area contributed by atoms with Crippen LogP contribution in [0.2, 0.25) is 0 Å². The van der Waals surface area contributed by atoms with Crippen molar-refractivity contribution in [1.82, 2.24) is 5.32 Å². The molecule has 2 aromatic rings.